The molecule has 0 bridgehead atoms. The third-order valence-electron chi connectivity index (χ3n) is 3.21. The Hall–Kier alpha value is -0.0400. The Kier molecular flexibility index (Phi) is 6.40. The fraction of sp³-hybridized carbons (Fsp3) is 1.00. The quantitative estimate of drug-likeness (QED) is 0.642. The molecule has 80 valence electrons. The van der Waals surface area contributed by atoms with E-state index < -0.39 is 0 Å². The standard InChI is InChI=1S/C12H27N/c1-5-8-12(9-6-2,10-7-3)11(4)13/h11H,5-10,13H2,1-4H3. The first-order chi connectivity index (χ1) is 6.13. The molecule has 0 saturated heterocycles. The molecule has 0 rings (SSSR count). The lowest BCUT2D eigenvalue weighted by atomic mass is 9.71. The zero-order chi connectivity index (χ0) is 10.3. The summed E-state index contributed by atoms with van der Waals surface area (Å²) in [7, 11) is 0. The summed E-state index contributed by atoms with van der Waals surface area (Å²) in [5.74, 6) is 0. The largest absolute Gasteiger partial charge is 0.327 e. The van der Waals surface area contributed by atoms with Crippen molar-refractivity contribution in [2.75, 3.05) is 0 Å². The van der Waals surface area contributed by atoms with E-state index in [9.17, 15) is 0 Å². The maximum absolute atomic E-state index is 6.13. The lowest BCUT2D eigenvalue weighted by molar-refractivity contribution is 0.171. The molecule has 0 aromatic rings. The van der Waals surface area contributed by atoms with E-state index in [1.54, 1.807) is 0 Å². The molecule has 0 amide bonds. The van der Waals surface area contributed by atoms with Gasteiger partial charge in [0.2, 0.25) is 0 Å². The molecule has 13 heavy (non-hydrogen) atoms. The lowest BCUT2D eigenvalue weighted by Gasteiger charge is -2.37. The first-order valence-electron chi connectivity index (χ1n) is 5.88. The monoisotopic (exact) mass is 185 g/mol. The third-order valence-corrected chi connectivity index (χ3v) is 3.21. The SMILES string of the molecule is CCCC(CCC)(CCC)C(C)N. The van der Waals surface area contributed by atoms with Crippen LogP contribution in [0.15, 0.2) is 0 Å². The van der Waals surface area contributed by atoms with Gasteiger partial charge >= 0.3 is 0 Å². The average molecular weight is 185 g/mol. The van der Waals surface area contributed by atoms with Crippen LogP contribution in [0.2, 0.25) is 0 Å². The van der Waals surface area contributed by atoms with Crippen LogP contribution in [0.3, 0.4) is 0 Å². The number of rotatable bonds is 7. The van der Waals surface area contributed by atoms with Crippen molar-refractivity contribution in [3.63, 3.8) is 0 Å². The first-order valence-corrected chi connectivity index (χ1v) is 5.88. The van der Waals surface area contributed by atoms with Crippen molar-refractivity contribution in [2.45, 2.75) is 72.3 Å². The molecule has 0 aliphatic rings. The summed E-state index contributed by atoms with van der Waals surface area (Å²) in [6, 6.07) is 0.354. The van der Waals surface area contributed by atoms with E-state index >= 15 is 0 Å². The molecule has 1 unspecified atom stereocenters. The Balaban J connectivity index is 4.38. The van der Waals surface area contributed by atoms with E-state index in [4.69, 9.17) is 5.73 Å². The molecule has 0 radical (unpaired) electrons. The predicted octanol–water partition coefficient (Wildman–Crippen LogP) is 3.72. The molecule has 1 heteroatoms. The van der Waals surface area contributed by atoms with Gasteiger partial charge in [-0.2, -0.15) is 0 Å². The van der Waals surface area contributed by atoms with Crippen LogP contribution < -0.4 is 5.73 Å². The van der Waals surface area contributed by atoms with Crippen molar-refractivity contribution in [1.82, 2.24) is 0 Å². The first kappa shape index (κ1) is 13.0. The number of hydrogen-bond acceptors (Lipinski definition) is 1. The summed E-state index contributed by atoms with van der Waals surface area (Å²) in [5.41, 5.74) is 6.56. The van der Waals surface area contributed by atoms with E-state index in [0.717, 1.165) is 0 Å². The predicted molar refractivity (Wildman–Crippen MR) is 60.8 cm³/mol. The van der Waals surface area contributed by atoms with Crippen LogP contribution in [0.1, 0.15) is 66.2 Å². The van der Waals surface area contributed by atoms with E-state index in [-0.39, 0.29) is 0 Å². The lowest BCUT2D eigenvalue weighted by Crippen LogP contribution is -2.39. The molecular weight excluding hydrogens is 158 g/mol. The van der Waals surface area contributed by atoms with Gasteiger partial charge in [0.1, 0.15) is 0 Å². The zero-order valence-electron chi connectivity index (χ0n) is 9.90. The minimum Gasteiger partial charge on any atom is -0.327 e. The van der Waals surface area contributed by atoms with Crippen molar-refractivity contribution >= 4 is 0 Å². The molecule has 0 aromatic heterocycles. The normalized spacial score (nSPS) is 14.5. The molecule has 0 saturated carbocycles. The Bertz CT molecular complexity index is 101. The summed E-state index contributed by atoms with van der Waals surface area (Å²) >= 11 is 0. The van der Waals surface area contributed by atoms with Gasteiger partial charge in [-0.05, 0) is 31.6 Å². The van der Waals surface area contributed by atoms with E-state index in [1.807, 2.05) is 0 Å². The molecule has 0 fully saturated rings. The van der Waals surface area contributed by atoms with Gasteiger partial charge in [0.15, 0.2) is 0 Å². The number of hydrogen-bond donors (Lipinski definition) is 1. The van der Waals surface area contributed by atoms with Crippen molar-refractivity contribution in [1.29, 1.82) is 0 Å². The van der Waals surface area contributed by atoms with Crippen LogP contribution in [0, 0.1) is 5.41 Å². The van der Waals surface area contributed by atoms with Gasteiger partial charge < -0.3 is 5.73 Å². The molecule has 1 nitrogen and oxygen atoms in total. The summed E-state index contributed by atoms with van der Waals surface area (Å²) in [4.78, 5) is 0. The average Bonchev–Trinajstić information content (AvgIpc) is 2.05. The summed E-state index contributed by atoms with van der Waals surface area (Å²) < 4.78 is 0. The Labute approximate surface area is 84.1 Å². The van der Waals surface area contributed by atoms with Crippen molar-refractivity contribution in [2.24, 2.45) is 11.1 Å². The molecule has 0 spiro atoms. The van der Waals surface area contributed by atoms with Crippen LogP contribution in [-0.4, -0.2) is 6.04 Å². The van der Waals surface area contributed by atoms with E-state index in [2.05, 4.69) is 27.7 Å². The summed E-state index contributed by atoms with van der Waals surface area (Å²) in [5, 5.41) is 0. The topological polar surface area (TPSA) is 26.0 Å². The molecule has 0 aromatic carbocycles. The van der Waals surface area contributed by atoms with Gasteiger partial charge in [0.25, 0.3) is 0 Å². The van der Waals surface area contributed by atoms with Gasteiger partial charge in [-0.3, -0.25) is 0 Å². The van der Waals surface area contributed by atoms with Crippen molar-refractivity contribution < 1.29 is 0 Å². The molecule has 2 N–H and O–H groups in total. The third kappa shape index (κ3) is 3.68. The molecule has 1 atom stereocenters. The Morgan fingerprint density at radius 2 is 1.23 bits per heavy atom. The van der Waals surface area contributed by atoms with E-state index in [0.29, 0.717) is 11.5 Å². The molecule has 0 heterocycles. The van der Waals surface area contributed by atoms with Gasteiger partial charge in [-0.1, -0.05) is 40.0 Å². The van der Waals surface area contributed by atoms with Gasteiger partial charge in [-0.15, -0.1) is 0 Å². The summed E-state index contributed by atoms with van der Waals surface area (Å²) in [6.45, 7) is 8.98. The maximum atomic E-state index is 6.13. The Morgan fingerprint density at radius 3 is 1.38 bits per heavy atom. The highest BCUT2D eigenvalue weighted by atomic mass is 14.7. The summed E-state index contributed by atoms with van der Waals surface area (Å²) in [6.07, 6.45) is 7.69. The second kappa shape index (κ2) is 6.42. The highest BCUT2D eigenvalue weighted by Crippen LogP contribution is 2.37. The van der Waals surface area contributed by atoms with E-state index in [1.165, 1.54) is 38.5 Å². The van der Waals surface area contributed by atoms with Crippen molar-refractivity contribution in [3.8, 4) is 0 Å². The van der Waals surface area contributed by atoms with Crippen LogP contribution >= 0.6 is 0 Å². The van der Waals surface area contributed by atoms with Gasteiger partial charge in [0, 0.05) is 6.04 Å². The highest BCUT2D eigenvalue weighted by molar-refractivity contribution is 4.85. The van der Waals surface area contributed by atoms with Gasteiger partial charge in [0.05, 0.1) is 0 Å². The Morgan fingerprint density at radius 1 is 0.923 bits per heavy atom. The maximum Gasteiger partial charge on any atom is 0.00670 e. The minimum atomic E-state index is 0.354. The molecular formula is C12H27N. The van der Waals surface area contributed by atoms with Crippen molar-refractivity contribution in [3.05, 3.63) is 0 Å². The van der Waals surface area contributed by atoms with Gasteiger partial charge in [-0.25, -0.2) is 0 Å². The minimum absolute atomic E-state index is 0.354. The van der Waals surface area contributed by atoms with Crippen LogP contribution in [0.5, 0.6) is 0 Å². The fourth-order valence-corrected chi connectivity index (χ4v) is 2.55. The molecule has 0 aliphatic heterocycles. The smallest absolute Gasteiger partial charge is 0.00670 e. The second-order valence-electron chi connectivity index (χ2n) is 4.40. The second-order valence-corrected chi connectivity index (χ2v) is 4.40. The van der Waals surface area contributed by atoms with Crippen LogP contribution in [0.4, 0.5) is 0 Å². The fourth-order valence-electron chi connectivity index (χ4n) is 2.55. The highest BCUT2D eigenvalue weighted by Gasteiger charge is 2.31. The van der Waals surface area contributed by atoms with Crippen LogP contribution in [0.25, 0.3) is 0 Å². The molecule has 0 aliphatic carbocycles. The van der Waals surface area contributed by atoms with Crippen LogP contribution in [-0.2, 0) is 0 Å². The zero-order valence-corrected chi connectivity index (χ0v) is 9.90. The number of nitrogens with two attached hydrogens (primary N) is 1.